The minimum absolute atomic E-state index is 0.391. The lowest BCUT2D eigenvalue weighted by Crippen LogP contribution is -1.93. The van der Waals surface area contributed by atoms with Gasteiger partial charge < -0.3 is 9.15 Å². The molecule has 0 amide bonds. The average molecular weight is 254 g/mol. The van der Waals surface area contributed by atoms with E-state index in [1.54, 1.807) is 6.20 Å². The molecular weight excluding hydrogens is 246 g/mol. The van der Waals surface area contributed by atoms with E-state index in [0.717, 1.165) is 10.2 Å². The highest BCUT2D eigenvalue weighted by Crippen LogP contribution is 2.24. The molecule has 1 aromatic carbocycles. The lowest BCUT2D eigenvalue weighted by molar-refractivity contribution is 0.268. The van der Waals surface area contributed by atoms with Crippen molar-refractivity contribution in [1.29, 1.82) is 0 Å². The summed E-state index contributed by atoms with van der Waals surface area (Å²) in [6.07, 6.45) is 3.02. The van der Waals surface area contributed by atoms with Gasteiger partial charge >= 0.3 is 0 Å². The van der Waals surface area contributed by atoms with Crippen LogP contribution in [0.15, 0.2) is 45.7 Å². The molecular formula is C10H8BrNO2. The molecule has 1 heterocycles. The molecule has 0 fully saturated rings. The first-order chi connectivity index (χ1) is 6.86. The van der Waals surface area contributed by atoms with Crippen LogP contribution in [0.4, 0.5) is 0 Å². The zero-order valence-corrected chi connectivity index (χ0v) is 8.90. The molecule has 2 rings (SSSR count). The molecule has 3 nitrogen and oxygen atoms in total. The Kier molecular flexibility index (Phi) is 2.84. The summed E-state index contributed by atoms with van der Waals surface area (Å²) in [6.45, 7) is 0.391. The van der Waals surface area contributed by atoms with Crippen LogP contribution in [0.2, 0.25) is 0 Å². The molecule has 14 heavy (non-hydrogen) atoms. The van der Waals surface area contributed by atoms with Crippen molar-refractivity contribution in [1.82, 2.24) is 4.98 Å². The van der Waals surface area contributed by atoms with Gasteiger partial charge in [0.2, 0.25) is 0 Å². The number of halogens is 1. The van der Waals surface area contributed by atoms with E-state index in [2.05, 4.69) is 20.9 Å². The predicted molar refractivity (Wildman–Crippen MR) is 55.0 cm³/mol. The normalized spacial score (nSPS) is 10.1. The smallest absolute Gasteiger partial charge is 0.181 e. The van der Waals surface area contributed by atoms with Gasteiger partial charge in [0.25, 0.3) is 0 Å². The maximum absolute atomic E-state index is 5.50. The molecule has 0 aliphatic carbocycles. The molecule has 4 heteroatoms. The molecule has 0 bridgehead atoms. The van der Waals surface area contributed by atoms with E-state index in [9.17, 15) is 0 Å². The molecule has 1 aromatic heterocycles. The topological polar surface area (TPSA) is 35.3 Å². The third-order valence-electron chi connectivity index (χ3n) is 1.69. The molecule has 0 aliphatic heterocycles. The summed E-state index contributed by atoms with van der Waals surface area (Å²) in [5.41, 5.74) is 0. The van der Waals surface area contributed by atoms with Crippen LogP contribution in [0, 0.1) is 0 Å². The summed E-state index contributed by atoms with van der Waals surface area (Å²) in [5.74, 6) is 1.50. The van der Waals surface area contributed by atoms with Crippen molar-refractivity contribution in [2.45, 2.75) is 6.61 Å². The number of ether oxygens (including phenoxy) is 1. The number of benzene rings is 1. The molecule has 0 aliphatic rings. The predicted octanol–water partition coefficient (Wildman–Crippen LogP) is 3.02. The maximum Gasteiger partial charge on any atom is 0.181 e. The van der Waals surface area contributed by atoms with Crippen molar-refractivity contribution in [2.24, 2.45) is 0 Å². The summed E-state index contributed by atoms with van der Waals surface area (Å²) in [5, 5.41) is 0. The second-order valence-corrected chi connectivity index (χ2v) is 3.54. The zero-order chi connectivity index (χ0) is 9.80. The Morgan fingerprint density at radius 3 is 2.93 bits per heavy atom. The Hall–Kier alpha value is -1.29. The number of para-hydroxylation sites is 1. The Balaban J connectivity index is 2.02. The van der Waals surface area contributed by atoms with Gasteiger partial charge in [-0.15, -0.1) is 0 Å². The molecule has 0 saturated heterocycles. The van der Waals surface area contributed by atoms with E-state index in [-0.39, 0.29) is 0 Å². The molecule has 0 N–H and O–H groups in total. The number of rotatable bonds is 3. The summed E-state index contributed by atoms with van der Waals surface area (Å²) in [6, 6.07) is 7.67. The molecule has 0 spiro atoms. The maximum atomic E-state index is 5.50. The highest BCUT2D eigenvalue weighted by molar-refractivity contribution is 9.10. The van der Waals surface area contributed by atoms with Crippen molar-refractivity contribution >= 4 is 15.9 Å². The zero-order valence-electron chi connectivity index (χ0n) is 7.31. The number of aromatic nitrogens is 1. The minimum Gasteiger partial charge on any atom is -0.484 e. The van der Waals surface area contributed by atoms with E-state index in [0.29, 0.717) is 12.4 Å². The van der Waals surface area contributed by atoms with Crippen LogP contribution in [0.5, 0.6) is 5.75 Å². The molecule has 0 radical (unpaired) electrons. The van der Waals surface area contributed by atoms with E-state index in [1.807, 2.05) is 24.3 Å². The Labute approximate surface area is 89.8 Å². The fourth-order valence-electron chi connectivity index (χ4n) is 1.02. The Bertz CT molecular complexity index is 400. The van der Waals surface area contributed by atoms with Crippen LogP contribution in [-0.4, -0.2) is 4.98 Å². The fourth-order valence-corrected chi connectivity index (χ4v) is 1.42. The first-order valence-corrected chi connectivity index (χ1v) is 4.90. The standard InChI is InChI=1S/C10H8BrNO2/c11-9-3-1-2-4-10(9)13-6-8-5-12-7-14-8/h1-5,7H,6H2. The summed E-state index contributed by atoms with van der Waals surface area (Å²) < 4.78 is 11.5. The lowest BCUT2D eigenvalue weighted by atomic mass is 10.3. The molecule has 0 atom stereocenters. The van der Waals surface area contributed by atoms with Gasteiger partial charge in [0.05, 0.1) is 10.7 Å². The van der Waals surface area contributed by atoms with Gasteiger partial charge in [0.15, 0.2) is 12.2 Å². The third kappa shape index (κ3) is 2.14. The summed E-state index contributed by atoms with van der Waals surface area (Å²) in [7, 11) is 0. The van der Waals surface area contributed by atoms with E-state index < -0.39 is 0 Å². The van der Waals surface area contributed by atoms with Gasteiger partial charge in [-0.1, -0.05) is 12.1 Å². The number of hydrogen-bond donors (Lipinski definition) is 0. The molecule has 2 aromatic rings. The van der Waals surface area contributed by atoms with Crippen molar-refractivity contribution in [3.8, 4) is 5.75 Å². The van der Waals surface area contributed by atoms with E-state index in [4.69, 9.17) is 9.15 Å². The van der Waals surface area contributed by atoms with Crippen LogP contribution >= 0.6 is 15.9 Å². The van der Waals surface area contributed by atoms with Gasteiger partial charge in [0, 0.05) is 0 Å². The molecule has 0 unspecified atom stereocenters. The van der Waals surface area contributed by atoms with E-state index >= 15 is 0 Å². The SMILES string of the molecule is Brc1ccccc1OCc1cnco1. The Morgan fingerprint density at radius 1 is 1.36 bits per heavy atom. The monoisotopic (exact) mass is 253 g/mol. The first kappa shape index (κ1) is 9.27. The van der Waals surface area contributed by atoms with Crippen LogP contribution in [0.3, 0.4) is 0 Å². The van der Waals surface area contributed by atoms with Gasteiger partial charge in [-0.05, 0) is 28.1 Å². The lowest BCUT2D eigenvalue weighted by Gasteiger charge is -2.04. The highest BCUT2D eigenvalue weighted by atomic mass is 79.9. The highest BCUT2D eigenvalue weighted by Gasteiger charge is 2.01. The van der Waals surface area contributed by atoms with Gasteiger partial charge in [-0.25, -0.2) is 4.98 Å². The van der Waals surface area contributed by atoms with Crippen molar-refractivity contribution in [3.05, 3.63) is 47.1 Å². The van der Waals surface area contributed by atoms with Crippen molar-refractivity contribution < 1.29 is 9.15 Å². The second kappa shape index (κ2) is 4.28. The average Bonchev–Trinajstić information content (AvgIpc) is 2.69. The number of hydrogen-bond acceptors (Lipinski definition) is 3. The van der Waals surface area contributed by atoms with Crippen LogP contribution in [-0.2, 0) is 6.61 Å². The third-order valence-corrected chi connectivity index (χ3v) is 2.35. The second-order valence-electron chi connectivity index (χ2n) is 2.69. The number of oxazole rings is 1. The Morgan fingerprint density at radius 2 is 2.21 bits per heavy atom. The minimum atomic E-state index is 0.391. The van der Waals surface area contributed by atoms with Gasteiger partial charge in [-0.3, -0.25) is 0 Å². The van der Waals surface area contributed by atoms with E-state index in [1.165, 1.54) is 6.39 Å². The van der Waals surface area contributed by atoms with Crippen LogP contribution < -0.4 is 4.74 Å². The van der Waals surface area contributed by atoms with Gasteiger partial charge in [0.1, 0.15) is 12.4 Å². The summed E-state index contributed by atoms with van der Waals surface area (Å²) in [4.78, 5) is 3.80. The molecule has 0 saturated carbocycles. The quantitative estimate of drug-likeness (QED) is 0.844. The van der Waals surface area contributed by atoms with Gasteiger partial charge in [-0.2, -0.15) is 0 Å². The first-order valence-electron chi connectivity index (χ1n) is 4.11. The van der Waals surface area contributed by atoms with Crippen LogP contribution in [0.1, 0.15) is 5.76 Å². The fraction of sp³-hybridized carbons (Fsp3) is 0.100. The summed E-state index contributed by atoms with van der Waals surface area (Å²) >= 11 is 3.39. The number of nitrogens with zero attached hydrogens (tertiary/aromatic N) is 1. The van der Waals surface area contributed by atoms with Crippen LogP contribution in [0.25, 0.3) is 0 Å². The largest absolute Gasteiger partial charge is 0.484 e. The van der Waals surface area contributed by atoms with Crippen molar-refractivity contribution in [2.75, 3.05) is 0 Å². The molecule has 72 valence electrons. The van der Waals surface area contributed by atoms with Crippen molar-refractivity contribution in [3.63, 3.8) is 0 Å².